The van der Waals surface area contributed by atoms with Crippen LogP contribution in [0.4, 0.5) is 0 Å². The zero-order valence-corrected chi connectivity index (χ0v) is 11.4. The lowest BCUT2D eigenvalue weighted by atomic mass is 10.1. The zero-order chi connectivity index (χ0) is 13.4. The van der Waals surface area contributed by atoms with E-state index in [9.17, 15) is 4.79 Å². The quantitative estimate of drug-likeness (QED) is 0.857. The molecule has 2 aromatic heterocycles. The van der Waals surface area contributed by atoms with Gasteiger partial charge in [0.15, 0.2) is 0 Å². The van der Waals surface area contributed by atoms with Crippen molar-refractivity contribution in [1.29, 1.82) is 0 Å². The highest BCUT2D eigenvalue weighted by Gasteiger charge is 2.25. The fourth-order valence-corrected chi connectivity index (χ4v) is 2.61. The number of carbonyl (C=O) groups excluding carboxylic acids is 1. The maximum atomic E-state index is 12.2. The van der Waals surface area contributed by atoms with E-state index in [-0.39, 0.29) is 5.91 Å². The first-order valence-electron chi connectivity index (χ1n) is 6.32. The molecule has 0 saturated carbocycles. The number of H-pyrrole nitrogens is 1. The molecule has 3 rings (SSSR count). The molecule has 0 atom stereocenters. The van der Waals surface area contributed by atoms with Crippen LogP contribution in [-0.2, 0) is 6.42 Å². The van der Waals surface area contributed by atoms with Gasteiger partial charge in [-0.2, -0.15) is 0 Å². The third kappa shape index (κ3) is 2.12. The molecule has 0 aromatic carbocycles. The van der Waals surface area contributed by atoms with E-state index in [2.05, 4.69) is 9.97 Å². The second kappa shape index (κ2) is 4.70. The largest absolute Gasteiger partial charge is 0.358 e. The number of amides is 1. The second-order valence-electron chi connectivity index (χ2n) is 4.58. The summed E-state index contributed by atoms with van der Waals surface area (Å²) in [5, 5.41) is 0.451. The Hall–Kier alpha value is -1.81. The molecule has 0 radical (unpaired) electrons. The van der Waals surface area contributed by atoms with Gasteiger partial charge in [-0.3, -0.25) is 4.79 Å². The summed E-state index contributed by atoms with van der Waals surface area (Å²) in [7, 11) is 0. The van der Waals surface area contributed by atoms with Crippen molar-refractivity contribution in [3.05, 3.63) is 40.8 Å². The van der Waals surface area contributed by atoms with Crippen LogP contribution in [0.25, 0.3) is 11.3 Å². The predicted molar refractivity (Wildman–Crippen MR) is 74.3 cm³/mol. The summed E-state index contributed by atoms with van der Waals surface area (Å²) in [5.74, 6) is 0.103. The Balaban J connectivity index is 2.02. The van der Waals surface area contributed by atoms with Crippen LogP contribution in [0.5, 0.6) is 0 Å². The molecule has 2 aromatic rings. The van der Waals surface area contributed by atoms with Crippen LogP contribution in [0, 0.1) is 0 Å². The van der Waals surface area contributed by atoms with E-state index in [0.717, 1.165) is 42.0 Å². The topological polar surface area (TPSA) is 49.0 Å². The molecule has 0 fully saturated rings. The van der Waals surface area contributed by atoms with Crippen molar-refractivity contribution in [3.8, 4) is 11.3 Å². The Kier molecular flexibility index (Phi) is 3.03. The molecule has 5 heteroatoms. The Morgan fingerprint density at radius 3 is 3.05 bits per heavy atom. The lowest BCUT2D eigenvalue weighted by Crippen LogP contribution is -2.36. The van der Waals surface area contributed by atoms with E-state index in [1.54, 1.807) is 12.3 Å². The van der Waals surface area contributed by atoms with E-state index < -0.39 is 0 Å². The molecule has 3 heterocycles. The minimum atomic E-state index is 0.103. The van der Waals surface area contributed by atoms with Crippen molar-refractivity contribution < 1.29 is 4.79 Å². The third-order valence-corrected chi connectivity index (χ3v) is 3.67. The summed E-state index contributed by atoms with van der Waals surface area (Å²) < 4.78 is 0. The molecule has 0 spiro atoms. The fourth-order valence-electron chi connectivity index (χ4n) is 2.43. The van der Waals surface area contributed by atoms with Gasteiger partial charge in [-0.1, -0.05) is 11.6 Å². The summed E-state index contributed by atoms with van der Waals surface area (Å²) in [5.41, 5.74) is 3.65. The number of rotatable bonds is 2. The highest BCUT2D eigenvalue weighted by Crippen LogP contribution is 2.26. The molecule has 19 heavy (non-hydrogen) atoms. The SMILES string of the molecule is CCN1CCc2[nH]c(-c3ccnc(Cl)c3)cc2C1=O. The van der Waals surface area contributed by atoms with E-state index in [1.807, 2.05) is 24.0 Å². The molecule has 0 saturated heterocycles. The van der Waals surface area contributed by atoms with E-state index in [1.165, 1.54) is 0 Å². The standard InChI is InChI=1S/C14H14ClN3O/c1-2-18-6-4-11-10(14(18)19)8-12(17-11)9-3-5-16-13(15)7-9/h3,5,7-8,17H,2,4,6H2,1H3. The fraction of sp³-hybridized carbons (Fsp3) is 0.286. The van der Waals surface area contributed by atoms with Gasteiger partial charge in [-0.25, -0.2) is 4.98 Å². The van der Waals surface area contributed by atoms with Crippen molar-refractivity contribution in [3.63, 3.8) is 0 Å². The molecule has 1 amide bonds. The summed E-state index contributed by atoms with van der Waals surface area (Å²) in [6.45, 7) is 3.53. The number of aromatic amines is 1. The molecule has 0 unspecified atom stereocenters. The van der Waals surface area contributed by atoms with Crippen molar-refractivity contribution in [2.45, 2.75) is 13.3 Å². The zero-order valence-electron chi connectivity index (χ0n) is 10.6. The lowest BCUT2D eigenvalue weighted by Gasteiger charge is -2.25. The first-order chi connectivity index (χ1) is 9.19. The van der Waals surface area contributed by atoms with Crippen LogP contribution in [0.1, 0.15) is 23.0 Å². The predicted octanol–water partition coefficient (Wildman–Crippen LogP) is 2.75. The van der Waals surface area contributed by atoms with Crippen molar-refractivity contribution in [2.24, 2.45) is 0 Å². The molecule has 0 aliphatic carbocycles. The van der Waals surface area contributed by atoms with Gasteiger partial charge in [0, 0.05) is 42.7 Å². The molecule has 1 N–H and O–H groups in total. The maximum Gasteiger partial charge on any atom is 0.255 e. The van der Waals surface area contributed by atoms with Gasteiger partial charge in [0.25, 0.3) is 5.91 Å². The van der Waals surface area contributed by atoms with Crippen molar-refractivity contribution in [1.82, 2.24) is 14.9 Å². The van der Waals surface area contributed by atoms with Gasteiger partial charge < -0.3 is 9.88 Å². The first-order valence-corrected chi connectivity index (χ1v) is 6.70. The molecule has 0 bridgehead atoms. The van der Waals surface area contributed by atoms with Gasteiger partial charge in [-0.05, 0) is 25.1 Å². The summed E-state index contributed by atoms with van der Waals surface area (Å²) in [4.78, 5) is 21.4. The van der Waals surface area contributed by atoms with Crippen LogP contribution >= 0.6 is 11.6 Å². The molecule has 98 valence electrons. The lowest BCUT2D eigenvalue weighted by molar-refractivity contribution is 0.0749. The Morgan fingerprint density at radius 1 is 1.47 bits per heavy atom. The van der Waals surface area contributed by atoms with Crippen LogP contribution in [0.15, 0.2) is 24.4 Å². The van der Waals surface area contributed by atoms with Gasteiger partial charge >= 0.3 is 0 Å². The van der Waals surface area contributed by atoms with Crippen LogP contribution < -0.4 is 0 Å². The first kappa shape index (κ1) is 12.2. The van der Waals surface area contributed by atoms with E-state index in [4.69, 9.17) is 11.6 Å². The van der Waals surface area contributed by atoms with Crippen molar-refractivity contribution >= 4 is 17.5 Å². The normalized spacial score (nSPS) is 14.6. The van der Waals surface area contributed by atoms with Crippen LogP contribution in [-0.4, -0.2) is 33.9 Å². The molecule has 4 nitrogen and oxygen atoms in total. The maximum absolute atomic E-state index is 12.2. The number of nitrogens with zero attached hydrogens (tertiary/aromatic N) is 2. The number of nitrogens with one attached hydrogen (secondary N) is 1. The average molecular weight is 276 g/mol. The van der Waals surface area contributed by atoms with E-state index >= 15 is 0 Å². The van der Waals surface area contributed by atoms with Gasteiger partial charge in [0.1, 0.15) is 5.15 Å². The van der Waals surface area contributed by atoms with Gasteiger partial charge in [0.05, 0.1) is 5.56 Å². The number of aromatic nitrogens is 2. The van der Waals surface area contributed by atoms with Gasteiger partial charge in [0.2, 0.25) is 0 Å². The van der Waals surface area contributed by atoms with Gasteiger partial charge in [-0.15, -0.1) is 0 Å². The number of carbonyl (C=O) groups is 1. The summed E-state index contributed by atoms with van der Waals surface area (Å²) in [6, 6.07) is 5.58. The average Bonchev–Trinajstić information content (AvgIpc) is 2.84. The monoisotopic (exact) mass is 275 g/mol. The molecular formula is C14H14ClN3O. The van der Waals surface area contributed by atoms with Crippen molar-refractivity contribution in [2.75, 3.05) is 13.1 Å². The number of halogens is 1. The summed E-state index contributed by atoms with van der Waals surface area (Å²) >= 11 is 5.90. The van der Waals surface area contributed by atoms with Crippen LogP contribution in [0.3, 0.4) is 0 Å². The molecular weight excluding hydrogens is 262 g/mol. The smallest absolute Gasteiger partial charge is 0.255 e. The highest BCUT2D eigenvalue weighted by molar-refractivity contribution is 6.29. The molecule has 1 aliphatic heterocycles. The molecule has 1 aliphatic rings. The number of likely N-dealkylation sites (N-methyl/N-ethyl adjacent to an activating group) is 1. The highest BCUT2D eigenvalue weighted by atomic mass is 35.5. The minimum Gasteiger partial charge on any atom is -0.358 e. The second-order valence-corrected chi connectivity index (χ2v) is 4.96. The Morgan fingerprint density at radius 2 is 2.32 bits per heavy atom. The summed E-state index contributed by atoms with van der Waals surface area (Å²) in [6.07, 6.45) is 2.53. The van der Waals surface area contributed by atoms with Crippen LogP contribution in [0.2, 0.25) is 5.15 Å². The number of hydrogen-bond acceptors (Lipinski definition) is 2. The third-order valence-electron chi connectivity index (χ3n) is 3.47. The number of fused-ring (bicyclic) bond motifs is 1. The number of pyridine rings is 1. The number of hydrogen-bond donors (Lipinski definition) is 1. The van der Waals surface area contributed by atoms with E-state index in [0.29, 0.717) is 5.15 Å². The Labute approximate surface area is 116 Å². The Bertz CT molecular complexity index is 635. The minimum absolute atomic E-state index is 0.103.